The molecule has 1 aliphatic heterocycles. The number of non-ortho nitro benzene ring substituents is 1. The first-order chi connectivity index (χ1) is 18.2. The van der Waals surface area contributed by atoms with E-state index in [1.54, 1.807) is 45.0 Å². The van der Waals surface area contributed by atoms with Crippen molar-refractivity contribution in [3.63, 3.8) is 0 Å². The minimum atomic E-state index is -1.06. The van der Waals surface area contributed by atoms with Gasteiger partial charge in [0.2, 0.25) is 0 Å². The Labute approximate surface area is 229 Å². The number of ketones is 1. The second-order valence-electron chi connectivity index (χ2n) is 9.94. The molecule has 2 atom stereocenters. The zero-order valence-corrected chi connectivity index (χ0v) is 22.7. The first-order valence-corrected chi connectivity index (χ1v) is 12.9. The molecule has 0 aliphatic carbocycles. The van der Waals surface area contributed by atoms with Crippen molar-refractivity contribution in [2.75, 3.05) is 6.54 Å². The lowest BCUT2D eigenvalue weighted by atomic mass is 10.0. The van der Waals surface area contributed by atoms with Crippen molar-refractivity contribution in [2.45, 2.75) is 57.4 Å². The van der Waals surface area contributed by atoms with Crippen molar-refractivity contribution in [1.29, 1.82) is 0 Å². The lowest BCUT2D eigenvalue weighted by Crippen LogP contribution is -2.42. The lowest BCUT2D eigenvalue weighted by molar-refractivity contribution is -0.384. The first-order valence-electron chi connectivity index (χ1n) is 12.0. The molecule has 0 spiro atoms. The number of rotatable bonds is 7. The average Bonchev–Trinajstić information content (AvgIpc) is 3.26. The van der Waals surface area contributed by atoms with Crippen LogP contribution in [0.5, 0.6) is 0 Å². The van der Waals surface area contributed by atoms with E-state index >= 15 is 0 Å². The molecule has 2 aromatic rings. The molecule has 2 aromatic carbocycles. The number of hydrogen-bond acceptors (Lipinski definition) is 10. The van der Waals surface area contributed by atoms with Crippen LogP contribution in [0.3, 0.4) is 0 Å². The fraction of sp³-hybridized carbons (Fsp3) is 0.370. The van der Waals surface area contributed by atoms with E-state index < -0.39 is 34.6 Å². The maximum atomic E-state index is 13.3. The fourth-order valence-corrected chi connectivity index (χ4v) is 4.99. The van der Waals surface area contributed by atoms with Crippen LogP contribution in [-0.2, 0) is 25.5 Å². The quantitative estimate of drug-likeness (QED) is 0.208. The maximum absolute atomic E-state index is 13.3. The van der Waals surface area contributed by atoms with Crippen molar-refractivity contribution in [2.24, 2.45) is 0 Å². The standard InChI is InChI=1S/C27H28N2O9S/c1-16(30)39-21-14-22(23(31)13-17-6-5-7-19(12-17)25(33)38-27(2,3)4)28(15-21)26(34)37-24(32)18-8-10-20(11-9-18)29(35)36/h5-12,21-22H,13-15H2,1-4H3/t21?,22-/m0/s1. The number of Topliss-reactive ketones (excluding diaryl/α,β-unsaturated/α-hetero) is 1. The second kappa shape index (κ2) is 12.2. The summed E-state index contributed by atoms with van der Waals surface area (Å²) in [7, 11) is 0. The van der Waals surface area contributed by atoms with E-state index in [-0.39, 0.29) is 52.3 Å². The van der Waals surface area contributed by atoms with Crippen LogP contribution < -0.4 is 0 Å². The molecule has 1 amide bonds. The van der Waals surface area contributed by atoms with Crippen LogP contribution in [0.4, 0.5) is 10.5 Å². The van der Waals surface area contributed by atoms with Gasteiger partial charge in [0.05, 0.1) is 22.1 Å². The molecule has 11 nitrogen and oxygen atoms in total. The molecule has 1 saturated heterocycles. The van der Waals surface area contributed by atoms with Gasteiger partial charge >= 0.3 is 18.0 Å². The number of carbonyl (C=O) groups excluding carboxylic acids is 5. The van der Waals surface area contributed by atoms with Gasteiger partial charge in [0.15, 0.2) is 10.9 Å². The number of likely N-dealkylation sites (tertiary alicyclic amines) is 1. The number of ether oxygens (including phenoxy) is 2. The van der Waals surface area contributed by atoms with Gasteiger partial charge in [-0.15, -0.1) is 0 Å². The summed E-state index contributed by atoms with van der Waals surface area (Å²) in [6, 6.07) is 9.97. The Kier molecular flexibility index (Phi) is 9.23. The molecule has 12 heteroatoms. The van der Waals surface area contributed by atoms with Crippen molar-refractivity contribution < 1.29 is 38.4 Å². The summed E-state index contributed by atoms with van der Waals surface area (Å²) in [5.74, 6) is -1.93. The number of amides is 1. The van der Waals surface area contributed by atoms with Crippen LogP contribution in [0.1, 0.15) is 60.4 Å². The molecule has 1 aliphatic rings. The van der Waals surface area contributed by atoms with Crippen LogP contribution in [0.2, 0.25) is 0 Å². The minimum Gasteiger partial charge on any atom is -0.456 e. The van der Waals surface area contributed by atoms with Gasteiger partial charge in [-0.1, -0.05) is 23.9 Å². The molecule has 0 saturated carbocycles. The van der Waals surface area contributed by atoms with Gasteiger partial charge in [-0.25, -0.2) is 14.4 Å². The van der Waals surface area contributed by atoms with Crippen LogP contribution in [0.25, 0.3) is 0 Å². The fourth-order valence-electron chi connectivity index (χ4n) is 4.00. The molecular weight excluding hydrogens is 528 g/mol. The number of hydrogen-bond donors (Lipinski definition) is 0. The summed E-state index contributed by atoms with van der Waals surface area (Å²) in [5, 5.41) is 10.3. The average molecular weight is 557 g/mol. The van der Waals surface area contributed by atoms with E-state index in [1.165, 1.54) is 6.92 Å². The Balaban J connectivity index is 1.75. The van der Waals surface area contributed by atoms with Gasteiger partial charge in [-0.2, -0.15) is 0 Å². The van der Waals surface area contributed by atoms with Gasteiger partial charge in [-0.3, -0.25) is 24.6 Å². The number of benzene rings is 2. The minimum absolute atomic E-state index is 0.00494. The van der Waals surface area contributed by atoms with E-state index in [1.807, 2.05) is 0 Å². The maximum Gasteiger partial charge on any atom is 0.418 e. The van der Waals surface area contributed by atoms with Crippen LogP contribution in [0.15, 0.2) is 48.5 Å². The SMILES string of the molecule is CC(=O)SC1C[C@@H](C(=O)Cc2cccc(C(=O)OC(C)(C)C)c2)N(C(=O)OC(=O)c2ccc([N+](=O)[O-])cc2)C1. The number of nitrogens with zero attached hydrogens (tertiary/aromatic N) is 2. The number of thioether (sulfide) groups is 1. The number of nitro benzene ring substituents is 1. The van der Waals surface area contributed by atoms with Gasteiger partial charge in [-0.05, 0) is 57.0 Å². The van der Waals surface area contributed by atoms with E-state index in [4.69, 9.17) is 9.47 Å². The predicted molar refractivity (Wildman–Crippen MR) is 141 cm³/mol. The van der Waals surface area contributed by atoms with E-state index in [9.17, 15) is 34.1 Å². The van der Waals surface area contributed by atoms with Crippen molar-refractivity contribution in [1.82, 2.24) is 4.90 Å². The molecule has 0 N–H and O–H groups in total. The van der Waals surface area contributed by atoms with Crippen LogP contribution >= 0.6 is 11.8 Å². The van der Waals surface area contributed by atoms with E-state index in [0.29, 0.717) is 5.56 Å². The third-order valence-corrected chi connectivity index (χ3v) is 6.64. The summed E-state index contributed by atoms with van der Waals surface area (Å²) in [6.45, 7) is 6.61. The zero-order chi connectivity index (χ0) is 28.9. The summed E-state index contributed by atoms with van der Waals surface area (Å²) in [5.41, 5.74) is -0.200. The van der Waals surface area contributed by atoms with Gasteiger partial charge in [0.1, 0.15) is 5.60 Å². The molecule has 1 fully saturated rings. The van der Waals surface area contributed by atoms with Crippen molar-refractivity contribution >= 4 is 46.4 Å². The Morgan fingerprint density at radius 3 is 2.28 bits per heavy atom. The summed E-state index contributed by atoms with van der Waals surface area (Å²) in [4.78, 5) is 74.2. The number of carbonyl (C=O) groups is 5. The lowest BCUT2D eigenvalue weighted by Gasteiger charge is -2.22. The van der Waals surface area contributed by atoms with Gasteiger partial charge < -0.3 is 9.47 Å². The Bertz CT molecular complexity index is 1300. The van der Waals surface area contributed by atoms with Crippen molar-refractivity contribution in [3.05, 3.63) is 75.3 Å². The van der Waals surface area contributed by atoms with Crippen LogP contribution in [0, 0.1) is 10.1 Å². The van der Waals surface area contributed by atoms with Gasteiger partial charge in [0.25, 0.3) is 5.69 Å². The molecule has 0 bridgehead atoms. The highest BCUT2D eigenvalue weighted by Gasteiger charge is 2.41. The normalized spacial score (nSPS) is 16.9. The topological polar surface area (TPSA) is 150 Å². The highest BCUT2D eigenvalue weighted by Crippen LogP contribution is 2.30. The monoisotopic (exact) mass is 556 g/mol. The smallest absolute Gasteiger partial charge is 0.418 e. The largest absolute Gasteiger partial charge is 0.456 e. The Hall–Kier alpha value is -4.06. The number of esters is 2. The van der Waals surface area contributed by atoms with E-state index in [2.05, 4.69) is 0 Å². The summed E-state index contributed by atoms with van der Waals surface area (Å²) < 4.78 is 10.4. The molecule has 206 valence electrons. The van der Waals surface area contributed by atoms with Gasteiger partial charge in [0, 0.05) is 37.3 Å². The number of nitro groups is 1. The molecule has 3 rings (SSSR count). The zero-order valence-electron chi connectivity index (χ0n) is 21.9. The molecule has 0 aromatic heterocycles. The molecular formula is C27H28N2O9S. The third-order valence-electron chi connectivity index (χ3n) is 5.64. The molecule has 1 unspecified atom stereocenters. The Morgan fingerprint density at radius 2 is 1.69 bits per heavy atom. The molecule has 39 heavy (non-hydrogen) atoms. The highest BCUT2D eigenvalue weighted by atomic mass is 32.2. The predicted octanol–water partition coefficient (Wildman–Crippen LogP) is 4.36. The summed E-state index contributed by atoms with van der Waals surface area (Å²) >= 11 is 0.991. The summed E-state index contributed by atoms with van der Waals surface area (Å²) in [6.07, 6.45) is -1.00. The van der Waals surface area contributed by atoms with Crippen LogP contribution in [-0.4, -0.2) is 62.2 Å². The first kappa shape index (κ1) is 29.5. The highest BCUT2D eigenvalue weighted by molar-refractivity contribution is 8.14. The van der Waals surface area contributed by atoms with E-state index in [0.717, 1.165) is 40.9 Å². The second-order valence-corrected chi connectivity index (χ2v) is 11.4. The Morgan fingerprint density at radius 1 is 1.03 bits per heavy atom. The van der Waals surface area contributed by atoms with Crippen molar-refractivity contribution in [3.8, 4) is 0 Å². The molecule has 0 radical (unpaired) electrons. The third kappa shape index (κ3) is 8.21. The molecule has 1 heterocycles.